The first-order valence-electron chi connectivity index (χ1n) is 6.00. The largest absolute Gasteiger partial charge is 0.489 e. The molecule has 0 saturated heterocycles. The van der Waals surface area contributed by atoms with Gasteiger partial charge in [0.25, 0.3) is 5.91 Å². The Hall–Kier alpha value is -1.58. The molecule has 1 heterocycles. The second-order valence-electron chi connectivity index (χ2n) is 4.66. The van der Waals surface area contributed by atoms with Crippen LogP contribution in [0.3, 0.4) is 0 Å². The number of hydrogen-bond acceptors (Lipinski definition) is 3. The molecule has 1 aliphatic carbocycles. The zero-order valence-corrected chi connectivity index (χ0v) is 10.5. The Kier molecular flexibility index (Phi) is 3.31. The maximum Gasteiger partial charge on any atom is 0.269 e. The quantitative estimate of drug-likeness (QED) is 0.868. The molecule has 4 heteroatoms. The molecule has 2 rings (SSSR count). The number of ether oxygens (including phenoxy) is 1. The van der Waals surface area contributed by atoms with E-state index in [2.05, 4.69) is 24.1 Å². The number of pyridine rings is 1. The van der Waals surface area contributed by atoms with Crippen molar-refractivity contribution in [3.05, 3.63) is 23.5 Å². The molecule has 1 saturated carbocycles. The van der Waals surface area contributed by atoms with Crippen LogP contribution in [0.4, 0.5) is 0 Å². The van der Waals surface area contributed by atoms with Crippen molar-refractivity contribution in [1.29, 1.82) is 0 Å². The zero-order valence-electron chi connectivity index (χ0n) is 10.5. The first-order chi connectivity index (χ1) is 8.11. The van der Waals surface area contributed by atoms with Crippen molar-refractivity contribution in [3.63, 3.8) is 0 Å². The number of amides is 1. The smallest absolute Gasteiger partial charge is 0.269 e. The van der Waals surface area contributed by atoms with Crippen molar-refractivity contribution in [2.45, 2.75) is 38.7 Å². The first kappa shape index (κ1) is 11.9. The minimum absolute atomic E-state index is 0.162. The lowest BCUT2D eigenvalue weighted by Gasteiger charge is -2.14. The van der Waals surface area contributed by atoms with Crippen LogP contribution in [0.1, 0.15) is 48.7 Å². The van der Waals surface area contributed by atoms with Crippen LogP contribution < -0.4 is 10.1 Å². The molecule has 0 atom stereocenters. The Morgan fingerprint density at radius 3 is 2.76 bits per heavy atom. The van der Waals surface area contributed by atoms with E-state index in [0.29, 0.717) is 17.7 Å². The van der Waals surface area contributed by atoms with Crippen molar-refractivity contribution in [3.8, 4) is 5.75 Å². The van der Waals surface area contributed by atoms with Gasteiger partial charge in [-0.1, -0.05) is 13.8 Å². The van der Waals surface area contributed by atoms with Crippen LogP contribution >= 0.6 is 0 Å². The molecule has 92 valence electrons. The third kappa shape index (κ3) is 2.75. The molecule has 1 amide bonds. The lowest BCUT2D eigenvalue weighted by Crippen LogP contribution is -2.19. The maximum atomic E-state index is 11.5. The van der Waals surface area contributed by atoms with E-state index in [1.807, 2.05) is 6.07 Å². The summed E-state index contributed by atoms with van der Waals surface area (Å²) in [6, 6.07) is 1.82. The van der Waals surface area contributed by atoms with Gasteiger partial charge in [0, 0.05) is 12.6 Å². The van der Waals surface area contributed by atoms with Crippen molar-refractivity contribution in [2.24, 2.45) is 0 Å². The van der Waals surface area contributed by atoms with E-state index in [1.54, 1.807) is 13.2 Å². The van der Waals surface area contributed by atoms with Crippen LogP contribution in [0.25, 0.3) is 0 Å². The van der Waals surface area contributed by atoms with Gasteiger partial charge in [-0.05, 0) is 24.8 Å². The number of nitrogens with one attached hydrogen (secondary N) is 1. The molecule has 0 spiro atoms. The summed E-state index contributed by atoms with van der Waals surface area (Å²) in [6.07, 6.45) is 4.25. The highest BCUT2D eigenvalue weighted by Gasteiger charge is 2.25. The van der Waals surface area contributed by atoms with Crippen LogP contribution in [0.2, 0.25) is 0 Å². The minimum Gasteiger partial charge on any atom is -0.489 e. The molecule has 4 nitrogen and oxygen atoms in total. The highest BCUT2D eigenvalue weighted by molar-refractivity contribution is 5.92. The Balaban J connectivity index is 2.29. The van der Waals surface area contributed by atoms with Gasteiger partial charge in [0.05, 0.1) is 12.3 Å². The lowest BCUT2D eigenvalue weighted by molar-refractivity contribution is 0.0958. The van der Waals surface area contributed by atoms with Gasteiger partial charge in [-0.15, -0.1) is 0 Å². The Morgan fingerprint density at radius 2 is 2.24 bits per heavy atom. The standard InChI is InChI=1S/C13H18N2O2/c1-8(2)10-6-11(13(16)14-3)15-7-12(10)17-9-4-5-9/h6-9H,4-5H2,1-3H3,(H,14,16). The fourth-order valence-electron chi connectivity index (χ4n) is 1.63. The summed E-state index contributed by atoms with van der Waals surface area (Å²) < 4.78 is 5.79. The molecule has 1 fully saturated rings. The van der Waals surface area contributed by atoms with Gasteiger partial charge in [0.2, 0.25) is 0 Å². The van der Waals surface area contributed by atoms with Gasteiger partial charge in [-0.2, -0.15) is 0 Å². The number of aromatic nitrogens is 1. The molecule has 0 bridgehead atoms. The zero-order chi connectivity index (χ0) is 12.4. The Bertz CT molecular complexity index is 425. The summed E-state index contributed by atoms with van der Waals surface area (Å²) in [6.45, 7) is 4.17. The van der Waals surface area contributed by atoms with Crippen molar-refractivity contribution in [2.75, 3.05) is 7.05 Å². The summed E-state index contributed by atoms with van der Waals surface area (Å²) in [4.78, 5) is 15.7. The maximum absolute atomic E-state index is 11.5. The molecule has 1 aromatic rings. The van der Waals surface area contributed by atoms with E-state index in [4.69, 9.17) is 4.74 Å². The highest BCUT2D eigenvalue weighted by atomic mass is 16.5. The van der Waals surface area contributed by atoms with Crippen molar-refractivity contribution in [1.82, 2.24) is 10.3 Å². The van der Waals surface area contributed by atoms with E-state index in [0.717, 1.165) is 24.2 Å². The highest BCUT2D eigenvalue weighted by Crippen LogP contribution is 2.32. The first-order valence-corrected chi connectivity index (χ1v) is 6.00. The molecule has 0 aromatic carbocycles. The van der Waals surface area contributed by atoms with E-state index >= 15 is 0 Å². The van der Waals surface area contributed by atoms with Crippen molar-refractivity contribution >= 4 is 5.91 Å². The van der Waals surface area contributed by atoms with Gasteiger partial charge in [0.1, 0.15) is 11.4 Å². The van der Waals surface area contributed by atoms with E-state index in [1.165, 1.54) is 0 Å². The molecule has 0 radical (unpaired) electrons. The fourth-order valence-corrected chi connectivity index (χ4v) is 1.63. The third-order valence-electron chi connectivity index (χ3n) is 2.80. The van der Waals surface area contributed by atoms with Crippen LogP contribution in [0.15, 0.2) is 12.3 Å². The van der Waals surface area contributed by atoms with Gasteiger partial charge < -0.3 is 10.1 Å². The Labute approximate surface area is 101 Å². The van der Waals surface area contributed by atoms with Crippen LogP contribution in [-0.4, -0.2) is 24.0 Å². The molecular weight excluding hydrogens is 216 g/mol. The number of carbonyl (C=O) groups excluding carboxylic acids is 1. The molecule has 1 aliphatic rings. The predicted molar refractivity (Wildman–Crippen MR) is 65.4 cm³/mol. The average Bonchev–Trinajstić information content (AvgIpc) is 3.12. The van der Waals surface area contributed by atoms with Gasteiger partial charge >= 0.3 is 0 Å². The van der Waals surface area contributed by atoms with E-state index in [9.17, 15) is 4.79 Å². The number of nitrogens with zero attached hydrogens (tertiary/aromatic N) is 1. The monoisotopic (exact) mass is 234 g/mol. The fraction of sp³-hybridized carbons (Fsp3) is 0.538. The van der Waals surface area contributed by atoms with Crippen LogP contribution in [0, 0.1) is 0 Å². The number of carbonyl (C=O) groups is 1. The summed E-state index contributed by atoms with van der Waals surface area (Å²) in [7, 11) is 1.60. The van der Waals surface area contributed by atoms with E-state index in [-0.39, 0.29) is 5.91 Å². The van der Waals surface area contributed by atoms with Crippen molar-refractivity contribution < 1.29 is 9.53 Å². The van der Waals surface area contributed by atoms with Gasteiger partial charge in [-0.25, -0.2) is 4.98 Å². The molecule has 0 aliphatic heterocycles. The molecular formula is C13H18N2O2. The molecule has 0 unspecified atom stereocenters. The predicted octanol–water partition coefficient (Wildman–Crippen LogP) is 2.11. The second kappa shape index (κ2) is 4.73. The van der Waals surface area contributed by atoms with E-state index < -0.39 is 0 Å². The Morgan fingerprint density at radius 1 is 1.53 bits per heavy atom. The van der Waals surface area contributed by atoms with Gasteiger partial charge in [0.15, 0.2) is 0 Å². The van der Waals surface area contributed by atoms with Gasteiger partial charge in [-0.3, -0.25) is 4.79 Å². The number of rotatable bonds is 4. The van der Waals surface area contributed by atoms with Crippen LogP contribution in [0.5, 0.6) is 5.75 Å². The SMILES string of the molecule is CNC(=O)c1cc(C(C)C)c(OC2CC2)cn1. The average molecular weight is 234 g/mol. The summed E-state index contributed by atoms with van der Waals surface area (Å²) in [5.41, 5.74) is 1.49. The molecule has 17 heavy (non-hydrogen) atoms. The summed E-state index contributed by atoms with van der Waals surface area (Å²) in [5, 5.41) is 2.58. The minimum atomic E-state index is -0.162. The number of hydrogen-bond donors (Lipinski definition) is 1. The lowest BCUT2D eigenvalue weighted by atomic mass is 10.0. The summed E-state index contributed by atoms with van der Waals surface area (Å²) >= 11 is 0. The normalized spacial score (nSPS) is 14.8. The topological polar surface area (TPSA) is 51.2 Å². The summed E-state index contributed by atoms with van der Waals surface area (Å²) in [5.74, 6) is 0.968. The molecule has 1 aromatic heterocycles. The second-order valence-corrected chi connectivity index (χ2v) is 4.66. The third-order valence-corrected chi connectivity index (χ3v) is 2.80. The van der Waals surface area contributed by atoms with Crippen LogP contribution in [-0.2, 0) is 0 Å². The molecule has 1 N–H and O–H groups in total.